The maximum absolute atomic E-state index is 14.8. The maximum Gasteiger partial charge on any atom is 0.233 e. The van der Waals surface area contributed by atoms with Crippen molar-refractivity contribution in [2.75, 3.05) is 7.05 Å². The largest absolute Gasteiger partial charge is 0.508 e. The van der Waals surface area contributed by atoms with Gasteiger partial charge in [0.1, 0.15) is 5.75 Å². The van der Waals surface area contributed by atoms with Crippen molar-refractivity contribution in [3.05, 3.63) is 119 Å². The van der Waals surface area contributed by atoms with Crippen LogP contribution < -0.4 is 0 Å². The molecule has 6 atom stereocenters. The number of ketones is 2. The smallest absolute Gasteiger partial charge is 0.233 e. The van der Waals surface area contributed by atoms with Crippen molar-refractivity contribution < 1.29 is 24.3 Å². The number of rotatable bonds is 3. The minimum absolute atomic E-state index is 0.0969. The summed E-state index contributed by atoms with van der Waals surface area (Å²) in [5, 5.41) is 10.1. The van der Waals surface area contributed by atoms with E-state index in [9.17, 15) is 24.3 Å². The molecule has 4 aliphatic rings. The van der Waals surface area contributed by atoms with Gasteiger partial charge in [0.15, 0.2) is 11.6 Å². The molecule has 41 heavy (non-hydrogen) atoms. The number of aromatic hydroxyl groups is 1. The summed E-state index contributed by atoms with van der Waals surface area (Å²) >= 11 is 0. The molecule has 3 aromatic carbocycles. The molecule has 7 rings (SSSR count). The van der Waals surface area contributed by atoms with Crippen LogP contribution in [0.25, 0.3) is 5.57 Å². The molecule has 1 heterocycles. The molecule has 1 saturated heterocycles. The average Bonchev–Trinajstić information content (AvgIpc) is 3.23. The standard InChI is InChI=1S/C35H29NO5/c1-36-33(40)25-17-16-24-27(30(25)34(36)41)18-28-32(39)26(20-8-4-2-5-9-20)19-29(38)35(28,22-10-6-3-7-11-22)31(24)21-12-14-23(37)15-13-21/h2-16,19,25,27-28,30-31,37H,17-18H2,1H3. The van der Waals surface area contributed by atoms with Crippen molar-refractivity contribution in [3.8, 4) is 5.75 Å². The molecule has 0 bridgehead atoms. The second-order valence-electron chi connectivity index (χ2n) is 11.6. The molecule has 3 aliphatic carbocycles. The molecule has 3 aromatic rings. The number of phenols is 1. The molecule has 204 valence electrons. The summed E-state index contributed by atoms with van der Waals surface area (Å²) in [6.07, 6.45) is 4.25. The normalized spacial score (nSPS) is 30.8. The number of fused-ring (bicyclic) bond motifs is 4. The highest BCUT2D eigenvalue weighted by atomic mass is 16.3. The Hall–Kier alpha value is -4.58. The zero-order valence-electron chi connectivity index (χ0n) is 22.6. The molecule has 6 unspecified atom stereocenters. The van der Waals surface area contributed by atoms with E-state index in [1.54, 1.807) is 24.3 Å². The van der Waals surface area contributed by atoms with E-state index in [-0.39, 0.29) is 41.5 Å². The van der Waals surface area contributed by atoms with Crippen molar-refractivity contribution in [3.63, 3.8) is 0 Å². The quantitative estimate of drug-likeness (QED) is 0.377. The minimum atomic E-state index is -1.25. The van der Waals surface area contributed by atoms with E-state index >= 15 is 0 Å². The number of nitrogens with zero attached hydrogens (tertiary/aromatic N) is 1. The van der Waals surface area contributed by atoms with Gasteiger partial charge in [-0.2, -0.15) is 0 Å². The van der Waals surface area contributed by atoms with Crippen LogP contribution in [0.4, 0.5) is 0 Å². The van der Waals surface area contributed by atoms with Crippen LogP contribution in [0.5, 0.6) is 5.75 Å². The number of allylic oxidation sites excluding steroid dienone is 4. The molecule has 2 amide bonds. The molecule has 6 nitrogen and oxygen atoms in total. The van der Waals surface area contributed by atoms with Crippen LogP contribution in [-0.4, -0.2) is 40.4 Å². The Morgan fingerprint density at radius 3 is 2.15 bits per heavy atom. The third kappa shape index (κ3) is 3.49. The molecule has 0 radical (unpaired) electrons. The first kappa shape index (κ1) is 25.4. The number of hydrogen-bond acceptors (Lipinski definition) is 5. The number of amides is 2. The molecule has 2 fully saturated rings. The summed E-state index contributed by atoms with van der Waals surface area (Å²) in [5.74, 6) is -3.33. The Labute approximate surface area is 238 Å². The van der Waals surface area contributed by atoms with Gasteiger partial charge in [-0.25, -0.2) is 0 Å². The molecule has 1 saturated carbocycles. The summed E-state index contributed by atoms with van der Waals surface area (Å²) in [7, 11) is 1.53. The van der Waals surface area contributed by atoms with Gasteiger partial charge in [0.25, 0.3) is 0 Å². The molecular formula is C35H29NO5. The lowest BCUT2D eigenvalue weighted by Gasteiger charge is -2.55. The van der Waals surface area contributed by atoms with Gasteiger partial charge in [-0.05, 0) is 53.7 Å². The number of phenolic OH excluding ortho intramolecular Hbond substituents is 1. The highest BCUT2D eigenvalue weighted by Crippen LogP contribution is 2.63. The van der Waals surface area contributed by atoms with Gasteiger partial charge < -0.3 is 5.11 Å². The number of hydrogen-bond donors (Lipinski definition) is 1. The first-order valence-electron chi connectivity index (χ1n) is 14.1. The van der Waals surface area contributed by atoms with E-state index in [4.69, 9.17) is 0 Å². The Bertz CT molecular complexity index is 1660. The first-order chi connectivity index (χ1) is 19.8. The van der Waals surface area contributed by atoms with Gasteiger partial charge in [-0.3, -0.25) is 24.1 Å². The average molecular weight is 544 g/mol. The highest BCUT2D eigenvalue weighted by molar-refractivity contribution is 6.31. The van der Waals surface area contributed by atoms with E-state index in [1.165, 1.54) is 18.0 Å². The van der Waals surface area contributed by atoms with Gasteiger partial charge in [0, 0.05) is 24.5 Å². The number of benzene rings is 3. The summed E-state index contributed by atoms with van der Waals surface area (Å²) in [6.45, 7) is 0. The second-order valence-corrected chi connectivity index (χ2v) is 11.6. The zero-order chi connectivity index (χ0) is 28.5. The van der Waals surface area contributed by atoms with Crippen LogP contribution in [0.3, 0.4) is 0 Å². The number of likely N-dealkylation sites (tertiary alicyclic amines) is 1. The third-order valence-electron chi connectivity index (χ3n) is 9.82. The minimum Gasteiger partial charge on any atom is -0.508 e. The predicted molar refractivity (Wildman–Crippen MR) is 152 cm³/mol. The van der Waals surface area contributed by atoms with Crippen molar-refractivity contribution in [2.24, 2.45) is 23.7 Å². The van der Waals surface area contributed by atoms with Crippen LogP contribution in [-0.2, 0) is 24.6 Å². The number of carbonyl (C=O) groups is 4. The van der Waals surface area contributed by atoms with Crippen LogP contribution >= 0.6 is 0 Å². The predicted octanol–water partition coefficient (Wildman–Crippen LogP) is 4.85. The van der Waals surface area contributed by atoms with Gasteiger partial charge in [-0.15, -0.1) is 0 Å². The van der Waals surface area contributed by atoms with E-state index in [0.717, 1.165) is 16.7 Å². The van der Waals surface area contributed by atoms with E-state index in [0.29, 0.717) is 17.6 Å². The van der Waals surface area contributed by atoms with Crippen LogP contribution in [0.15, 0.2) is 103 Å². The van der Waals surface area contributed by atoms with E-state index in [1.807, 2.05) is 66.7 Å². The van der Waals surface area contributed by atoms with Crippen molar-refractivity contribution in [2.45, 2.75) is 24.2 Å². The summed E-state index contributed by atoms with van der Waals surface area (Å²) in [5.41, 5.74) is 2.27. The highest BCUT2D eigenvalue weighted by Gasteiger charge is 2.65. The molecule has 1 N–H and O–H groups in total. The molecular weight excluding hydrogens is 514 g/mol. The van der Waals surface area contributed by atoms with Gasteiger partial charge in [0.05, 0.1) is 17.3 Å². The fourth-order valence-corrected chi connectivity index (χ4v) is 8.07. The van der Waals surface area contributed by atoms with Gasteiger partial charge in [-0.1, -0.05) is 84.4 Å². The molecule has 0 aromatic heterocycles. The molecule has 1 aliphatic heterocycles. The van der Waals surface area contributed by atoms with Crippen LogP contribution in [0.2, 0.25) is 0 Å². The van der Waals surface area contributed by atoms with Crippen molar-refractivity contribution >= 4 is 29.0 Å². The summed E-state index contributed by atoms with van der Waals surface area (Å²) in [4.78, 5) is 57.2. The lowest BCUT2D eigenvalue weighted by Crippen LogP contribution is -2.58. The van der Waals surface area contributed by atoms with Crippen LogP contribution in [0.1, 0.15) is 35.4 Å². The SMILES string of the molecule is CN1C(=O)C2CC=C3C(CC4C(=O)C(c5ccccc5)=CC(=O)C4(c4ccccc4)C3c3ccc(O)cc3)C2C1=O. The lowest BCUT2D eigenvalue weighted by molar-refractivity contribution is -0.139. The molecule has 0 spiro atoms. The first-order valence-corrected chi connectivity index (χ1v) is 14.1. The van der Waals surface area contributed by atoms with Gasteiger partial charge in [0.2, 0.25) is 11.8 Å². The third-order valence-corrected chi connectivity index (χ3v) is 9.82. The fourth-order valence-electron chi connectivity index (χ4n) is 8.07. The second kappa shape index (κ2) is 9.23. The van der Waals surface area contributed by atoms with E-state index in [2.05, 4.69) is 0 Å². The lowest BCUT2D eigenvalue weighted by atomic mass is 9.44. The van der Waals surface area contributed by atoms with E-state index < -0.39 is 29.1 Å². The Morgan fingerprint density at radius 2 is 1.46 bits per heavy atom. The topological polar surface area (TPSA) is 91.8 Å². The number of carbonyl (C=O) groups excluding carboxylic acids is 4. The zero-order valence-corrected chi connectivity index (χ0v) is 22.6. The Morgan fingerprint density at radius 1 is 0.805 bits per heavy atom. The van der Waals surface area contributed by atoms with Crippen molar-refractivity contribution in [1.29, 1.82) is 0 Å². The van der Waals surface area contributed by atoms with Crippen LogP contribution in [0, 0.1) is 23.7 Å². The summed E-state index contributed by atoms with van der Waals surface area (Å²) in [6, 6.07) is 25.5. The maximum atomic E-state index is 14.8. The Kier molecular flexibility index (Phi) is 5.72. The Balaban J connectivity index is 1.52. The van der Waals surface area contributed by atoms with Gasteiger partial charge >= 0.3 is 0 Å². The summed E-state index contributed by atoms with van der Waals surface area (Å²) < 4.78 is 0. The van der Waals surface area contributed by atoms with Crippen molar-refractivity contribution in [1.82, 2.24) is 4.90 Å². The monoisotopic (exact) mass is 543 g/mol. The molecule has 6 heteroatoms. The fraction of sp³-hybridized carbons (Fsp3) is 0.257. The number of imide groups is 1. The number of Topliss-reactive ketones (excluding diaryl/α,β-unsaturated/α-hetero) is 1.